The smallest absolute Gasteiger partial charge is 0.258 e. The molecule has 1 aliphatic heterocycles. The van der Waals surface area contributed by atoms with Crippen LogP contribution in [0.4, 0.5) is 0 Å². The van der Waals surface area contributed by atoms with Crippen molar-refractivity contribution in [2.45, 2.75) is 63.0 Å². The molecule has 1 aromatic rings. The predicted molar refractivity (Wildman–Crippen MR) is 108 cm³/mol. The number of halogens is 1. The number of amides is 1. The summed E-state index contributed by atoms with van der Waals surface area (Å²) in [5, 5.41) is 0. The molecule has 1 aromatic heterocycles. The Balaban J connectivity index is 0.00000196. The molecule has 2 heterocycles. The molecule has 0 aromatic carbocycles. The molecule has 2 saturated carbocycles. The largest absolute Gasteiger partial charge is 0.372 e. The van der Waals surface area contributed by atoms with Gasteiger partial charge in [0.2, 0.25) is 0 Å². The number of rotatable bonds is 4. The fourth-order valence-corrected chi connectivity index (χ4v) is 6.91. The van der Waals surface area contributed by atoms with Crippen LogP contribution in [0.3, 0.4) is 0 Å². The van der Waals surface area contributed by atoms with Crippen molar-refractivity contribution in [3.05, 3.63) is 21.9 Å². The first-order chi connectivity index (χ1) is 12.1. The van der Waals surface area contributed by atoms with E-state index >= 15 is 0 Å². The van der Waals surface area contributed by atoms with E-state index in [1.165, 1.54) is 56.2 Å². The Morgan fingerprint density at radius 1 is 1.12 bits per heavy atom. The minimum atomic E-state index is -0.327. The summed E-state index contributed by atoms with van der Waals surface area (Å²) < 4.78 is 6.29. The van der Waals surface area contributed by atoms with E-state index in [-0.39, 0.29) is 23.9 Å². The maximum atomic E-state index is 11.6. The second kappa shape index (κ2) is 8.17. The molecule has 3 atom stereocenters. The van der Waals surface area contributed by atoms with Gasteiger partial charge in [-0.2, -0.15) is 0 Å². The zero-order valence-corrected chi connectivity index (χ0v) is 17.2. The van der Waals surface area contributed by atoms with Crippen molar-refractivity contribution in [2.75, 3.05) is 20.2 Å². The summed E-state index contributed by atoms with van der Waals surface area (Å²) >= 11 is 1.55. The highest BCUT2D eigenvalue weighted by atomic mass is 35.5. The van der Waals surface area contributed by atoms with Crippen LogP contribution >= 0.6 is 23.7 Å². The third-order valence-electron chi connectivity index (χ3n) is 6.89. The van der Waals surface area contributed by atoms with Gasteiger partial charge in [-0.15, -0.1) is 23.7 Å². The second-order valence-electron chi connectivity index (χ2n) is 8.10. The lowest BCUT2D eigenvalue weighted by molar-refractivity contribution is -0.173. The van der Waals surface area contributed by atoms with Crippen molar-refractivity contribution in [1.82, 2.24) is 4.90 Å². The lowest BCUT2D eigenvalue weighted by Gasteiger charge is -2.56. The number of primary amides is 1. The molecule has 1 saturated heterocycles. The average Bonchev–Trinajstić information content (AvgIpc) is 3.12. The highest BCUT2D eigenvalue weighted by Gasteiger charge is 2.54. The van der Waals surface area contributed by atoms with Gasteiger partial charge in [-0.1, -0.05) is 25.7 Å². The van der Waals surface area contributed by atoms with Crippen LogP contribution in [0.1, 0.15) is 65.9 Å². The van der Waals surface area contributed by atoms with E-state index in [0.29, 0.717) is 16.7 Å². The lowest BCUT2D eigenvalue weighted by atomic mass is 9.64. The molecule has 26 heavy (non-hydrogen) atoms. The minimum Gasteiger partial charge on any atom is -0.372 e. The van der Waals surface area contributed by atoms with E-state index in [2.05, 4.69) is 11.0 Å². The summed E-state index contributed by atoms with van der Waals surface area (Å²) in [7, 11) is 1.87. The van der Waals surface area contributed by atoms with Crippen LogP contribution in [0, 0.1) is 11.8 Å². The molecule has 0 unspecified atom stereocenters. The van der Waals surface area contributed by atoms with Gasteiger partial charge in [-0.25, -0.2) is 0 Å². The van der Waals surface area contributed by atoms with Gasteiger partial charge in [0.1, 0.15) is 5.60 Å². The first kappa shape index (κ1) is 20.1. The number of fused-ring (bicyclic) bond motifs is 2. The van der Waals surface area contributed by atoms with Gasteiger partial charge in [-0.05, 0) is 37.8 Å². The van der Waals surface area contributed by atoms with E-state index in [9.17, 15) is 4.79 Å². The Labute approximate surface area is 166 Å². The zero-order valence-electron chi connectivity index (χ0n) is 15.6. The van der Waals surface area contributed by atoms with Gasteiger partial charge in [0.25, 0.3) is 5.91 Å². The summed E-state index contributed by atoms with van der Waals surface area (Å²) in [6.45, 7) is 2.28. The lowest BCUT2D eigenvalue weighted by Crippen LogP contribution is -2.60. The van der Waals surface area contributed by atoms with E-state index < -0.39 is 0 Å². The molecular weight excluding hydrogens is 368 g/mol. The molecule has 4 nitrogen and oxygen atoms in total. The van der Waals surface area contributed by atoms with E-state index in [0.717, 1.165) is 19.1 Å². The van der Waals surface area contributed by atoms with E-state index in [1.807, 2.05) is 13.2 Å². The number of piperidine rings is 1. The molecule has 2 aliphatic carbocycles. The molecule has 4 rings (SSSR count). The molecule has 2 N–H and O–H groups in total. The fraction of sp³-hybridized carbons (Fsp3) is 0.750. The van der Waals surface area contributed by atoms with Crippen molar-refractivity contribution in [2.24, 2.45) is 17.6 Å². The molecule has 3 fully saturated rings. The molecule has 0 spiro atoms. The predicted octanol–water partition coefficient (Wildman–Crippen LogP) is 4.18. The van der Waals surface area contributed by atoms with Crippen molar-refractivity contribution < 1.29 is 9.53 Å². The van der Waals surface area contributed by atoms with Crippen molar-refractivity contribution in [1.29, 1.82) is 0 Å². The zero-order chi connectivity index (χ0) is 17.4. The number of carbonyl (C=O) groups excluding carboxylic acids is 1. The summed E-state index contributed by atoms with van der Waals surface area (Å²) in [5.74, 6) is 0.713. The standard InChI is InChI=1S/C20H30N2O2S.ClH/c1-24-20(18-11-10-17(25-18)19(21)23)14-6-5-7-15(20)13-22(12-14)16-8-3-2-4-9-16;/h10-11,14-16H,2-9,12-13H2,1H3,(H2,21,23);1H/t14-,15+,20+;. The van der Waals surface area contributed by atoms with Crippen molar-refractivity contribution >= 4 is 29.7 Å². The van der Waals surface area contributed by atoms with Crippen molar-refractivity contribution in [3.63, 3.8) is 0 Å². The minimum absolute atomic E-state index is 0. The van der Waals surface area contributed by atoms with Gasteiger partial charge >= 0.3 is 0 Å². The highest BCUT2D eigenvalue weighted by Crippen LogP contribution is 2.53. The van der Waals surface area contributed by atoms with Crippen LogP contribution in [-0.4, -0.2) is 37.0 Å². The Bertz CT molecular complexity index is 615. The second-order valence-corrected chi connectivity index (χ2v) is 9.18. The average molecular weight is 399 g/mol. The number of ether oxygens (including phenoxy) is 1. The molecule has 6 heteroatoms. The molecule has 0 radical (unpaired) electrons. The number of hydrogen-bond donors (Lipinski definition) is 1. The normalized spacial score (nSPS) is 32.8. The first-order valence-corrected chi connectivity index (χ1v) is 10.7. The van der Waals surface area contributed by atoms with E-state index in [1.54, 1.807) is 11.3 Å². The quantitative estimate of drug-likeness (QED) is 0.827. The number of thiophene rings is 1. The van der Waals surface area contributed by atoms with Crippen LogP contribution in [0.5, 0.6) is 0 Å². The Morgan fingerprint density at radius 3 is 2.31 bits per heavy atom. The van der Waals surface area contributed by atoms with Gasteiger partial charge in [0, 0.05) is 43.0 Å². The third-order valence-corrected chi connectivity index (χ3v) is 8.12. The third kappa shape index (κ3) is 3.32. The summed E-state index contributed by atoms with van der Waals surface area (Å²) in [5.41, 5.74) is 5.28. The molecule has 3 aliphatic rings. The maximum absolute atomic E-state index is 11.6. The highest BCUT2D eigenvalue weighted by molar-refractivity contribution is 7.14. The van der Waals surface area contributed by atoms with Gasteiger partial charge in [-0.3, -0.25) is 9.69 Å². The monoisotopic (exact) mass is 398 g/mol. The summed E-state index contributed by atoms with van der Waals surface area (Å²) in [6, 6.07) is 4.75. The maximum Gasteiger partial charge on any atom is 0.258 e. The number of carbonyl (C=O) groups is 1. The molecule has 146 valence electrons. The number of hydrogen-bond acceptors (Lipinski definition) is 4. The van der Waals surface area contributed by atoms with Crippen LogP contribution in [0.15, 0.2) is 12.1 Å². The topological polar surface area (TPSA) is 55.6 Å². The number of likely N-dealkylation sites (tertiary alicyclic amines) is 1. The van der Waals surface area contributed by atoms with Crippen LogP contribution in [-0.2, 0) is 10.3 Å². The Morgan fingerprint density at radius 2 is 1.77 bits per heavy atom. The SMILES string of the molecule is CO[C@@]1(c2ccc(C(N)=O)s2)[C@@H]2CCC[C@H]1CN(C1CCCCC1)C2.Cl. The molecular formula is C20H31ClN2O2S. The Hall–Kier alpha value is -0.620. The summed E-state index contributed by atoms with van der Waals surface area (Å²) in [6.07, 6.45) is 10.7. The van der Waals surface area contributed by atoms with E-state index in [4.69, 9.17) is 10.5 Å². The van der Waals surface area contributed by atoms with Crippen LogP contribution in [0.2, 0.25) is 0 Å². The van der Waals surface area contributed by atoms with Gasteiger partial charge in [0.05, 0.1) is 4.88 Å². The summed E-state index contributed by atoms with van der Waals surface area (Å²) in [4.78, 5) is 16.2. The molecule has 2 bridgehead atoms. The van der Waals surface area contributed by atoms with Crippen LogP contribution in [0.25, 0.3) is 0 Å². The number of methoxy groups -OCH3 is 1. The van der Waals surface area contributed by atoms with Gasteiger partial charge in [0.15, 0.2) is 0 Å². The first-order valence-electron chi connectivity index (χ1n) is 9.84. The van der Waals surface area contributed by atoms with Crippen molar-refractivity contribution in [3.8, 4) is 0 Å². The van der Waals surface area contributed by atoms with Crippen LogP contribution < -0.4 is 5.73 Å². The number of nitrogens with two attached hydrogens (primary N) is 1. The number of nitrogens with zero attached hydrogens (tertiary/aromatic N) is 1. The Kier molecular flexibility index (Phi) is 6.33. The molecule has 1 amide bonds. The van der Waals surface area contributed by atoms with Gasteiger partial charge < -0.3 is 10.5 Å². The fourth-order valence-electron chi connectivity index (χ4n) is 5.73.